The summed E-state index contributed by atoms with van der Waals surface area (Å²) in [5.41, 5.74) is 1.96. The van der Waals surface area contributed by atoms with Gasteiger partial charge in [-0.05, 0) is 24.6 Å². The second kappa shape index (κ2) is 6.56. The van der Waals surface area contributed by atoms with E-state index in [0.29, 0.717) is 37.9 Å². The summed E-state index contributed by atoms with van der Waals surface area (Å²) in [5.74, 6) is 0.819. The van der Waals surface area contributed by atoms with Gasteiger partial charge < -0.3 is 14.1 Å². The number of fused-ring (bicyclic) bond motifs is 1. The third kappa shape index (κ3) is 3.21. The smallest absolute Gasteiger partial charge is 0.289 e. The topological polar surface area (TPSA) is 60.5 Å². The van der Waals surface area contributed by atoms with Gasteiger partial charge in [-0.25, -0.2) is 0 Å². The van der Waals surface area contributed by atoms with Gasteiger partial charge in [0.1, 0.15) is 6.61 Å². The van der Waals surface area contributed by atoms with E-state index in [1.165, 1.54) is 6.26 Å². The van der Waals surface area contributed by atoms with E-state index in [9.17, 15) is 4.79 Å². The molecule has 0 unspecified atom stereocenters. The molecule has 1 aliphatic rings. The van der Waals surface area contributed by atoms with Crippen LogP contribution in [-0.2, 0) is 13.1 Å². The van der Waals surface area contributed by atoms with Gasteiger partial charge >= 0.3 is 0 Å². The van der Waals surface area contributed by atoms with E-state index in [1.54, 1.807) is 23.1 Å². The molecule has 0 bridgehead atoms. The summed E-state index contributed by atoms with van der Waals surface area (Å²) in [6, 6.07) is 5.26. The lowest BCUT2D eigenvalue weighted by Gasteiger charge is -2.26. The first-order chi connectivity index (χ1) is 11.2. The minimum Gasteiger partial charge on any atom is -0.472 e. The van der Waals surface area contributed by atoms with Crippen LogP contribution in [0.4, 0.5) is 0 Å². The number of ether oxygens (including phenoxy) is 1. The molecule has 0 fully saturated rings. The molecule has 1 aliphatic heterocycles. The minimum absolute atomic E-state index is 0.104. The first-order valence-corrected chi connectivity index (χ1v) is 7.51. The zero-order chi connectivity index (χ0) is 16.2. The Balaban J connectivity index is 1.67. The van der Waals surface area contributed by atoms with Gasteiger partial charge in [-0.1, -0.05) is 18.7 Å². The molecule has 0 spiro atoms. The highest BCUT2D eigenvalue weighted by Gasteiger charge is 2.25. The van der Waals surface area contributed by atoms with E-state index in [4.69, 9.17) is 9.15 Å². The van der Waals surface area contributed by atoms with Crippen LogP contribution in [-0.4, -0.2) is 33.7 Å². The maximum absolute atomic E-state index is 12.3. The molecule has 0 radical (unpaired) electrons. The summed E-state index contributed by atoms with van der Waals surface area (Å²) in [7, 11) is 0. The Labute approximate surface area is 134 Å². The van der Waals surface area contributed by atoms with E-state index < -0.39 is 0 Å². The minimum atomic E-state index is -0.104. The van der Waals surface area contributed by atoms with Crippen molar-refractivity contribution in [2.75, 3.05) is 13.2 Å². The predicted octanol–water partition coefficient (Wildman–Crippen LogP) is 2.64. The average molecular weight is 313 g/mol. The Kier molecular flexibility index (Phi) is 4.32. The molecule has 0 saturated heterocycles. The third-order valence-electron chi connectivity index (χ3n) is 3.81. The van der Waals surface area contributed by atoms with Crippen molar-refractivity contribution in [2.45, 2.75) is 20.0 Å². The Morgan fingerprint density at radius 3 is 3.09 bits per heavy atom. The maximum atomic E-state index is 12.3. The quantitative estimate of drug-likeness (QED) is 0.796. The number of furan rings is 1. The molecule has 0 saturated carbocycles. The van der Waals surface area contributed by atoms with Gasteiger partial charge in [-0.3, -0.25) is 9.48 Å². The molecule has 0 atom stereocenters. The van der Waals surface area contributed by atoms with Crippen LogP contribution in [0.2, 0.25) is 0 Å². The largest absolute Gasteiger partial charge is 0.472 e. The molecule has 0 aromatic carbocycles. The Bertz CT molecular complexity index is 728. The number of nitrogens with zero attached hydrogens (tertiary/aromatic N) is 3. The second-order valence-electron chi connectivity index (χ2n) is 5.26. The summed E-state index contributed by atoms with van der Waals surface area (Å²) in [6.07, 6.45) is 5.22. The molecule has 1 amide bonds. The summed E-state index contributed by atoms with van der Waals surface area (Å²) in [5, 5.41) is 4.42. The standard InChI is InChI=1S/C17H19N3O3/c1-3-13(4-2)12-23-16-10-14-11-19(7-8-20(14)18-16)17(21)15-6-5-9-22-15/h3-6,9-10H,1,7-8,11-12H2,2H3/b13-4+. The molecule has 23 heavy (non-hydrogen) atoms. The molecule has 0 aliphatic carbocycles. The lowest BCUT2D eigenvalue weighted by molar-refractivity contribution is 0.0673. The van der Waals surface area contributed by atoms with E-state index in [2.05, 4.69) is 11.7 Å². The highest BCUT2D eigenvalue weighted by molar-refractivity contribution is 5.91. The fourth-order valence-corrected chi connectivity index (χ4v) is 2.46. The number of hydrogen-bond donors (Lipinski definition) is 0. The number of hydrogen-bond acceptors (Lipinski definition) is 4. The lowest BCUT2D eigenvalue weighted by atomic mass is 10.2. The van der Waals surface area contributed by atoms with Crippen molar-refractivity contribution in [1.82, 2.24) is 14.7 Å². The zero-order valence-electron chi connectivity index (χ0n) is 13.1. The number of carbonyl (C=O) groups excluding carboxylic acids is 1. The number of amides is 1. The second-order valence-corrected chi connectivity index (χ2v) is 5.26. The Morgan fingerprint density at radius 2 is 2.39 bits per heavy atom. The van der Waals surface area contributed by atoms with Crippen LogP contribution in [0.3, 0.4) is 0 Å². The van der Waals surface area contributed by atoms with Gasteiger partial charge in [-0.2, -0.15) is 0 Å². The van der Waals surface area contributed by atoms with E-state index in [0.717, 1.165) is 11.3 Å². The molecule has 2 aromatic rings. The van der Waals surface area contributed by atoms with Gasteiger partial charge in [0.15, 0.2) is 5.76 Å². The van der Waals surface area contributed by atoms with Crippen molar-refractivity contribution in [3.63, 3.8) is 0 Å². The van der Waals surface area contributed by atoms with Crippen LogP contribution in [0.25, 0.3) is 0 Å². The fourth-order valence-electron chi connectivity index (χ4n) is 2.46. The van der Waals surface area contributed by atoms with Crippen molar-refractivity contribution in [1.29, 1.82) is 0 Å². The normalized spacial score (nSPS) is 14.5. The van der Waals surface area contributed by atoms with Gasteiger partial charge in [0.05, 0.1) is 25.0 Å². The third-order valence-corrected chi connectivity index (χ3v) is 3.81. The van der Waals surface area contributed by atoms with Crippen molar-refractivity contribution in [3.05, 3.63) is 60.2 Å². The lowest BCUT2D eigenvalue weighted by Crippen LogP contribution is -2.38. The molecule has 6 nitrogen and oxygen atoms in total. The molecule has 0 N–H and O–H groups in total. The summed E-state index contributed by atoms with van der Waals surface area (Å²) < 4.78 is 12.7. The van der Waals surface area contributed by atoms with Gasteiger partial charge in [-0.15, -0.1) is 5.10 Å². The summed E-state index contributed by atoms with van der Waals surface area (Å²) in [4.78, 5) is 14.1. The molecular weight excluding hydrogens is 294 g/mol. The average Bonchev–Trinajstić information content (AvgIpc) is 3.23. The first kappa shape index (κ1) is 15.1. The Morgan fingerprint density at radius 1 is 1.52 bits per heavy atom. The molecule has 6 heteroatoms. The van der Waals surface area contributed by atoms with E-state index >= 15 is 0 Å². The van der Waals surface area contributed by atoms with Crippen molar-refractivity contribution < 1.29 is 13.9 Å². The van der Waals surface area contributed by atoms with Crippen LogP contribution in [0.1, 0.15) is 23.2 Å². The van der Waals surface area contributed by atoms with Crippen LogP contribution in [0.15, 0.2) is 53.2 Å². The van der Waals surface area contributed by atoms with Gasteiger partial charge in [0.25, 0.3) is 5.91 Å². The molecule has 2 aromatic heterocycles. The maximum Gasteiger partial charge on any atom is 0.289 e. The number of aromatic nitrogens is 2. The zero-order valence-corrected chi connectivity index (χ0v) is 13.1. The van der Waals surface area contributed by atoms with Crippen molar-refractivity contribution in [3.8, 4) is 5.88 Å². The Hall–Kier alpha value is -2.76. The number of carbonyl (C=O) groups is 1. The molecular formula is C17H19N3O3. The molecule has 120 valence electrons. The SMILES string of the molecule is C=C/C(=C\C)COc1cc2n(n1)CCN(C(=O)c1ccco1)C2. The van der Waals surface area contributed by atoms with Crippen molar-refractivity contribution >= 4 is 5.91 Å². The number of allylic oxidation sites excluding steroid dienone is 1. The van der Waals surface area contributed by atoms with Gasteiger partial charge in [0, 0.05) is 12.6 Å². The highest BCUT2D eigenvalue weighted by Crippen LogP contribution is 2.20. The molecule has 3 rings (SSSR count). The van der Waals surface area contributed by atoms with Crippen LogP contribution in [0.5, 0.6) is 5.88 Å². The summed E-state index contributed by atoms with van der Waals surface area (Å²) in [6.45, 7) is 7.85. The highest BCUT2D eigenvalue weighted by atomic mass is 16.5. The van der Waals surface area contributed by atoms with E-state index in [-0.39, 0.29) is 5.91 Å². The molecule has 3 heterocycles. The van der Waals surface area contributed by atoms with Crippen LogP contribution in [0, 0.1) is 0 Å². The van der Waals surface area contributed by atoms with Crippen LogP contribution >= 0.6 is 0 Å². The fraction of sp³-hybridized carbons (Fsp3) is 0.294. The van der Waals surface area contributed by atoms with E-state index in [1.807, 2.05) is 23.7 Å². The van der Waals surface area contributed by atoms with Gasteiger partial charge in [0.2, 0.25) is 5.88 Å². The van der Waals surface area contributed by atoms with Crippen molar-refractivity contribution in [2.24, 2.45) is 0 Å². The number of rotatable bonds is 5. The summed E-state index contributed by atoms with van der Waals surface area (Å²) >= 11 is 0. The first-order valence-electron chi connectivity index (χ1n) is 7.51. The monoisotopic (exact) mass is 313 g/mol. The predicted molar refractivity (Wildman–Crippen MR) is 85.1 cm³/mol. The van der Waals surface area contributed by atoms with Crippen LogP contribution < -0.4 is 4.74 Å².